The summed E-state index contributed by atoms with van der Waals surface area (Å²) in [5.41, 5.74) is 0.750. The van der Waals surface area contributed by atoms with Gasteiger partial charge in [-0.25, -0.2) is 0 Å². The lowest BCUT2D eigenvalue weighted by Gasteiger charge is -2.44. The molecule has 1 saturated heterocycles. The van der Waals surface area contributed by atoms with Crippen LogP contribution in [0.1, 0.15) is 40.5 Å². The quantitative estimate of drug-likeness (QED) is 0.668. The average Bonchev–Trinajstić information content (AvgIpc) is 2.85. The topological polar surface area (TPSA) is 24.1 Å². The van der Waals surface area contributed by atoms with Crippen LogP contribution in [0.15, 0.2) is 0 Å². The fraction of sp³-hybridized carbons (Fsp3) is 1.00. The molecule has 2 aliphatic rings. The maximum Gasteiger partial charge on any atom is 0.0306 e. The van der Waals surface area contributed by atoms with Crippen LogP contribution in [0.2, 0.25) is 0 Å². The lowest BCUT2D eigenvalue weighted by molar-refractivity contribution is 0.158. The van der Waals surface area contributed by atoms with E-state index in [1.807, 2.05) is 0 Å². The van der Waals surface area contributed by atoms with E-state index in [1.165, 1.54) is 12.8 Å². The maximum absolute atomic E-state index is 3.75. The molecule has 0 spiro atoms. The minimum absolute atomic E-state index is 0.373. The Morgan fingerprint density at radius 3 is 2.21 bits per heavy atom. The molecule has 0 bridgehead atoms. The van der Waals surface area contributed by atoms with Crippen LogP contribution in [0.25, 0.3) is 0 Å². The number of rotatable bonds is 1. The van der Waals surface area contributed by atoms with Crippen molar-refractivity contribution in [2.24, 2.45) is 11.3 Å². The normalized spacial score (nSPS) is 39.9. The van der Waals surface area contributed by atoms with Gasteiger partial charge in [-0.3, -0.25) is 0 Å². The molecule has 2 N–H and O–H groups in total. The molecule has 2 heteroatoms. The highest BCUT2D eigenvalue weighted by molar-refractivity contribution is 5.04. The first-order chi connectivity index (χ1) is 6.42. The second-order valence-corrected chi connectivity index (χ2v) is 6.37. The molecule has 2 atom stereocenters. The van der Waals surface area contributed by atoms with Gasteiger partial charge in [0.25, 0.3) is 0 Å². The van der Waals surface area contributed by atoms with Gasteiger partial charge in [-0.05, 0) is 31.1 Å². The predicted molar refractivity (Wildman–Crippen MR) is 60.4 cm³/mol. The van der Waals surface area contributed by atoms with Crippen LogP contribution < -0.4 is 10.6 Å². The molecular formula is C12H24N2. The smallest absolute Gasteiger partial charge is 0.0306 e. The van der Waals surface area contributed by atoms with Crippen LogP contribution in [0.3, 0.4) is 0 Å². The Labute approximate surface area is 87.8 Å². The first kappa shape index (κ1) is 10.4. The van der Waals surface area contributed by atoms with Gasteiger partial charge in [-0.1, -0.05) is 20.8 Å². The van der Waals surface area contributed by atoms with Crippen LogP contribution in [-0.4, -0.2) is 24.7 Å². The predicted octanol–water partition coefficient (Wildman–Crippen LogP) is 1.76. The van der Waals surface area contributed by atoms with Crippen LogP contribution >= 0.6 is 0 Å². The summed E-state index contributed by atoms with van der Waals surface area (Å²) in [6.07, 6.45) is 2.84. The molecule has 0 aromatic rings. The molecule has 0 amide bonds. The van der Waals surface area contributed by atoms with Crippen molar-refractivity contribution >= 4 is 0 Å². The van der Waals surface area contributed by atoms with Crippen molar-refractivity contribution in [2.45, 2.75) is 52.1 Å². The van der Waals surface area contributed by atoms with Gasteiger partial charge in [0, 0.05) is 24.7 Å². The SMILES string of the molecule is CC(C)(C)C1CNC(C)(C2CC2)CN1. The third-order valence-electron chi connectivity index (χ3n) is 3.95. The Kier molecular flexibility index (Phi) is 2.39. The van der Waals surface area contributed by atoms with Gasteiger partial charge in [-0.15, -0.1) is 0 Å². The molecule has 1 aliphatic carbocycles. The minimum Gasteiger partial charge on any atom is -0.310 e. The largest absolute Gasteiger partial charge is 0.310 e. The summed E-state index contributed by atoms with van der Waals surface area (Å²) in [6, 6.07) is 0.620. The van der Waals surface area contributed by atoms with E-state index in [2.05, 4.69) is 38.3 Å². The van der Waals surface area contributed by atoms with E-state index in [0.29, 0.717) is 17.0 Å². The lowest BCUT2D eigenvalue weighted by Crippen LogP contribution is -2.65. The number of piperazine rings is 1. The van der Waals surface area contributed by atoms with Gasteiger partial charge in [0.2, 0.25) is 0 Å². The van der Waals surface area contributed by atoms with Crippen molar-refractivity contribution in [1.82, 2.24) is 10.6 Å². The van der Waals surface area contributed by atoms with Crippen molar-refractivity contribution in [3.63, 3.8) is 0 Å². The lowest BCUT2D eigenvalue weighted by atomic mass is 9.82. The highest BCUT2D eigenvalue weighted by Gasteiger charge is 2.44. The van der Waals surface area contributed by atoms with E-state index in [4.69, 9.17) is 0 Å². The van der Waals surface area contributed by atoms with Crippen LogP contribution in [0.5, 0.6) is 0 Å². The molecule has 2 unspecified atom stereocenters. The zero-order valence-corrected chi connectivity index (χ0v) is 9.98. The number of hydrogen-bond acceptors (Lipinski definition) is 2. The first-order valence-electron chi connectivity index (χ1n) is 5.90. The van der Waals surface area contributed by atoms with Crippen molar-refractivity contribution < 1.29 is 0 Å². The Morgan fingerprint density at radius 1 is 1.21 bits per heavy atom. The highest BCUT2D eigenvalue weighted by Crippen LogP contribution is 2.40. The zero-order valence-electron chi connectivity index (χ0n) is 9.98. The molecule has 2 fully saturated rings. The van der Waals surface area contributed by atoms with Crippen molar-refractivity contribution in [2.75, 3.05) is 13.1 Å². The average molecular weight is 196 g/mol. The molecule has 14 heavy (non-hydrogen) atoms. The molecule has 1 saturated carbocycles. The maximum atomic E-state index is 3.75. The number of hydrogen-bond donors (Lipinski definition) is 2. The second kappa shape index (κ2) is 3.21. The monoisotopic (exact) mass is 196 g/mol. The van der Waals surface area contributed by atoms with Crippen LogP contribution in [-0.2, 0) is 0 Å². The van der Waals surface area contributed by atoms with E-state index in [9.17, 15) is 0 Å². The summed E-state index contributed by atoms with van der Waals surface area (Å²) in [7, 11) is 0. The van der Waals surface area contributed by atoms with Gasteiger partial charge in [-0.2, -0.15) is 0 Å². The molecule has 0 radical (unpaired) electrons. The fourth-order valence-electron chi connectivity index (χ4n) is 2.43. The van der Waals surface area contributed by atoms with Crippen molar-refractivity contribution in [1.29, 1.82) is 0 Å². The number of nitrogens with one attached hydrogen (secondary N) is 2. The molecule has 2 nitrogen and oxygen atoms in total. The fourth-order valence-corrected chi connectivity index (χ4v) is 2.43. The van der Waals surface area contributed by atoms with Gasteiger partial charge in [0.15, 0.2) is 0 Å². The molecule has 0 aromatic heterocycles. The summed E-state index contributed by atoms with van der Waals surface area (Å²) < 4.78 is 0. The minimum atomic E-state index is 0.373. The van der Waals surface area contributed by atoms with Gasteiger partial charge in [0.1, 0.15) is 0 Å². The first-order valence-corrected chi connectivity index (χ1v) is 5.90. The Morgan fingerprint density at radius 2 is 1.86 bits per heavy atom. The Balaban J connectivity index is 1.91. The molecule has 1 heterocycles. The van der Waals surface area contributed by atoms with Gasteiger partial charge in [0.05, 0.1) is 0 Å². The van der Waals surface area contributed by atoms with E-state index < -0.39 is 0 Å². The van der Waals surface area contributed by atoms with E-state index in [0.717, 1.165) is 19.0 Å². The zero-order chi connectivity index (χ0) is 10.4. The summed E-state index contributed by atoms with van der Waals surface area (Å²) >= 11 is 0. The Bertz CT molecular complexity index is 205. The second-order valence-electron chi connectivity index (χ2n) is 6.37. The molecular weight excluding hydrogens is 172 g/mol. The molecule has 1 aliphatic heterocycles. The van der Waals surface area contributed by atoms with Gasteiger partial charge >= 0.3 is 0 Å². The summed E-state index contributed by atoms with van der Waals surface area (Å²) in [5, 5.41) is 7.46. The van der Waals surface area contributed by atoms with E-state index in [1.54, 1.807) is 0 Å². The summed E-state index contributed by atoms with van der Waals surface area (Å²) in [4.78, 5) is 0. The molecule has 0 aromatic carbocycles. The van der Waals surface area contributed by atoms with E-state index in [-0.39, 0.29) is 0 Å². The molecule has 2 rings (SSSR count). The third kappa shape index (κ3) is 1.96. The summed E-state index contributed by atoms with van der Waals surface area (Å²) in [5.74, 6) is 0.927. The standard InChI is InChI=1S/C12H24N2/c1-11(2,3)10-7-14-12(4,8-13-10)9-5-6-9/h9-10,13-14H,5-8H2,1-4H3. The van der Waals surface area contributed by atoms with Crippen molar-refractivity contribution in [3.8, 4) is 0 Å². The summed E-state index contributed by atoms with van der Waals surface area (Å²) in [6.45, 7) is 11.6. The third-order valence-corrected chi connectivity index (χ3v) is 3.95. The molecule has 82 valence electrons. The van der Waals surface area contributed by atoms with E-state index >= 15 is 0 Å². The van der Waals surface area contributed by atoms with Gasteiger partial charge < -0.3 is 10.6 Å². The van der Waals surface area contributed by atoms with Crippen molar-refractivity contribution in [3.05, 3.63) is 0 Å². The van der Waals surface area contributed by atoms with Crippen LogP contribution in [0.4, 0.5) is 0 Å². The Hall–Kier alpha value is -0.0800. The highest BCUT2D eigenvalue weighted by atomic mass is 15.1. The van der Waals surface area contributed by atoms with Crippen LogP contribution in [0, 0.1) is 11.3 Å².